The zero-order chi connectivity index (χ0) is 11.7. The van der Waals surface area contributed by atoms with Gasteiger partial charge in [0.05, 0.1) is 6.10 Å². The van der Waals surface area contributed by atoms with Crippen molar-refractivity contribution in [2.75, 3.05) is 19.7 Å². The first-order valence-corrected chi connectivity index (χ1v) is 6.38. The van der Waals surface area contributed by atoms with Gasteiger partial charge in [0.1, 0.15) is 0 Å². The predicted molar refractivity (Wildman–Crippen MR) is 67.2 cm³/mol. The van der Waals surface area contributed by atoms with Gasteiger partial charge in [-0.3, -0.25) is 0 Å². The van der Waals surface area contributed by atoms with Crippen molar-refractivity contribution in [3.8, 4) is 0 Å². The Bertz CT molecular complexity index is 120. The van der Waals surface area contributed by atoms with Gasteiger partial charge in [-0.2, -0.15) is 0 Å². The topological polar surface area (TPSA) is 21.3 Å². The van der Waals surface area contributed by atoms with E-state index in [4.69, 9.17) is 4.74 Å². The molecular formula is C13H29NO. The average Bonchev–Trinajstić information content (AvgIpc) is 2.14. The third-order valence-electron chi connectivity index (χ3n) is 2.43. The minimum atomic E-state index is 0.391. The molecule has 1 unspecified atom stereocenters. The smallest absolute Gasteiger partial charge is 0.0696 e. The first-order valence-electron chi connectivity index (χ1n) is 6.38. The number of hydrogen-bond donors (Lipinski definition) is 1. The van der Waals surface area contributed by atoms with Gasteiger partial charge < -0.3 is 10.1 Å². The van der Waals surface area contributed by atoms with E-state index in [0.717, 1.165) is 38.0 Å². The molecule has 2 heteroatoms. The van der Waals surface area contributed by atoms with Crippen LogP contribution in [0.3, 0.4) is 0 Å². The second-order valence-electron chi connectivity index (χ2n) is 5.14. The Kier molecular flexibility index (Phi) is 9.12. The van der Waals surface area contributed by atoms with Crippen LogP contribution in [0.5, 0.6) is 0 Å². The molecule has 0 aliphatic rings. The molecule has 2 nitrogen and oxygen atoms in total. The van der Waals surface area contributed by atoms with Crippen molar-refractivity contribution in [2.24, 2.45) is 11.8 Å². The minimum absolute atomic E-state index is 0.391. The molecule has 0 spiro atoms. The third-order valence-corrected chi connectivity index (χ3v) is 2.43. The first-order chi connectivity index (χ1) is 7.06. The van der Waals surface area contributed by atoms with Crippen molar-refractivity contribution in [3.05, 3.63) is 0 Å². The molecule has 1 N–H and O–H groups in total. The molecule has 1 atom stereocenters. The lowest BCUT2D eigenvalue weighted by Gasteiger charge is -2.18. The average molecular weight is 215 g/mol. The summed E-state index contributed by atoms with van der Waals surface area (Å²) in [6, 6.07) is 0. The van der Waals surface area contributed by atoms with Crippen LogP contribution in [-0.2, 0) is 4.74 Å². The summed E-state index contributed by atoms with van der Waals surface area (Å²) < 4.78 is 5.82. The van der Waals surface area contributed by atoms with E-state index < -0.39 is 0 Å². The van der Waals surface area contributed by atoms with E-state index in [0.29, 0.717) is 6.10 Å². The van der Waals surface area contributed by atoms with E-state index >= 15 is 0 Å². The number of nitrogens with one attached hydrogen (secondary N) is 1. The van der Waals surface area contributed by atoms with Crippen LogP contribution in [0.15, 0.2) is 0 Å². The Morgan fingerprint density at radius 2 is 1.67 bits per heavy atom. The third kappa shape index (κ3) is 10.2. The lowest BCUT2D eigenvalue weighted by molar-refractivity contribution is 0.0439. The fourth-order valence-corrected chi connectivity index (χ4v) is 1.32. The van der Waals surface area contributed by atoms with Gasteiger partial charge in [-0.25, -0.2) is 0 Å². The van der Waals surface area contributed by atoms with Crippen molar-refractivity contribution < 1.29 is 4.74 Å². The molecule has 0 aromatic heterocycles. The Hall–Kier alpha value is -0.0800. The fourth-order valence-electron chi connectivity index (χ4n) is 1.32. The van der Waals surface area contributed by atoms with Crippen molar-refractivity contribution in [1.29, 1.82) is 0 Å². The summed E-state index contributed by atoms with van der Waals surface area (Å²) in [5.41, 5.74) is 0. The molecule has 0 bridgehead atoms. The van der Waals surface area contributed by atoms with Crippen LogP contribution in [0.1, 0.15) is 47.5 Å². The van der Waals surface area contributed by atoms with Crippen LogP contribution in [0.25, 0.3) is 0 Å². The van der Waals surface area contributed by atoms with Gasteiger partial charge in [0.2, 0.25) is 0 Å². The summed E-state index contributed by atoms with van der Waals surface area (Å²) in [5, 5.41) is 3.45. The highest BCUT2D eigenvalue weighted by Crippen LogP contribution is 2.03. The molecule has 0 aromatic carbocycles. The van der Waals surface area contributed by atoms with Gasteiger partial charge in [-0.15, -0.1) is 0 Å². The highest BCUT2D eigenvalue weighted by molar-refractivity contribution is 4.61. The highest BCUT2D eigenvalue weighted by Gasteiger charge is 2.06. The zero-order valence-electron chi connectivity index (χ0n) is 11.2. The number of ether oxygens (including phenoxy) is 1. The standard InChI is InChI=1S/C13H29NO/c1-6-13(10-14-9-12(4)5)15-8-7-11(2)3/h11-14H,6-10H2,1-5H3. The number of rotatable bonds is 9. The maximum absolute atomic E-state index is 5.82. The normalized spacial score (nSPS) is 13.8. The molecule has 0 saturated carbocycles. The lowest BCUT2D eigenvalue weighted by atomic mass is 10.1. The van der Waals surface area contributed by atoms with Crippen molar-refractivity contribution in [3.63, 3.8) is 0 Å². The van der Waals surface area contributed by atoms with Crippen LogP contribution in [-0.4, -0.2) is 25.8 Å². The van der Waals surface area contributed by atoms with Crippen molar-refractivity contribution in [2.45, 2.75) is 53.6 Å². The summed E-state index contributed by atoms with van der Waals surface area (Å²) >= 11 is 0. The molecule has 0 radical (unpaired) electrons. The van der Waals surface area contributed by atoms with Crippen LogP contribution < -0.4 is 5.32 Å². The second kappa shape index (κ2) is 9.17. The minimum Gasteiger partial charge on any atom is -0.377 e. The summed E-state index contributed by atoms with van der Waals surface area (Å²) in [5.74, 6) is 1.46. The van der Waals surface area contributed by atoms with E-state index in [-0.39, 0.29) is 0 Å². The Balaban J connectivity index is 3.46. The van der Waals surface area contributed by atoms with E-state index in [9.17, 15) is 0 Å². The van der Waals surface area contributed by atoms with Crippen LogP contribution in [0.2, 0.25) is 0 Å². The zero-order valence-corrected chi connectivity index (χ0v) is 11.2. The van der Waals surface area contributed by atoms with Crippen molar-refractivity contribution >= 4 is 0 Å². The van der Waals surface area contributed by atoms with Gasteiger partial charge >= 0.3 is 0 Å². The first kappa shape index (κ1) is 14.9. The summed E-state index contributed by atoms with van der Waals surface area (Å²) in [4.78, 5) is 0. The molecule has 0 heterocycles. The van der Waals surface area contributed by atoms with Gasteiger partial charge in [-0.1, -0.05) is 34.6 Å². The van der Waals surface area contributed by atoms with E-state index in [1.807, 2.05) is 0 Å². The molecule has 0 amide bonds. The summed E-state index contributed by atoms with van der Waals surface area (Å²) in [7, 11) is 0. The maximum atomic E-state index is 5.82. The summed E-state index contributed by atoms with van der Waals surface area (Å²) in [6.45, 7) is 14.1. The number of hydrogen-bond acceptors (Lipinski definition) is 2. The second-order valence-corrected chi connectivity index (χ2v) is 5.14. The largest absolute Gasteiger partial charge is 0.377 e. The Morgan fingerprint density at radius 3 is 2.13 bits per heavy atom. The molecule has 0 aliphatic carbocycles. The molecule has 0 aromatic rings. The molecule has 0 rings (SSSR count). The molecule has 0 saturated heterocycles. The quantitative estimate of drug-likeness (QED) is 0.638. The van der Waals surface area contributed by atoms with Gasteiger partial charge in [0, 0.05) is 13.2 Å². The monoisotopic (exact) mass is 215 g/mol. The van der Waals surface area contributed by atoms with E-state index in [2.05, 4.69) is 39.9 Å². The summed E-state index contributed by atoms with van der Waals surface area (Å²) in [6.07, 6.45) is 2.66. The van der Waals surface area contributed by atoms with Gasteiger partial charge in [0.15, 0.2) is 0 Å². The highest BCUT2D eigenvalue weighted by atomic mass is 16.5. The van der Waals surface area contributed by atoms with E-state index in [1.165, 1.54) is 6.42 Å². The SMILES string of the molecule is CCC(CNCC(C)C)OCCC(C)C. The van der Waals surface area contributed by atoms with Gasteiger partial charge in [0.25, 0.3) is 0 Å². The molecule has 15 heavy (non-hydrogen) atoms. The van der Waals surface area contributed by atoms with Crippen LogP contribution in [0.4, 0.5) is 0 Å². The molecular weight excluding hydrogens is 186 g/mol. The predicted octanol–water partition coefficient (Wildman–Crippen LogP) is 3.07. The van der Waals surface area contributed by atoms with Crippen LogP contribution >= 0.6 is 0 Å². The molecule has 0 aliphatic heterocycles. The Labute approximate surface area is 95.8 Å². The molecule has 92 valence electrons. The van der Waals surface area contributed by atoms with Crippen molar-refractivity contribution in [1.82, 2.24) is 5.32 Å². The van der Waals surface area contributed by atoms with Crippen LogP contribution in [0, 0.1) is 11.8 Å². The molecule has 0 fully saturated rings. The van der Waals surface area contributed by atoms with Gasteiger partial charge in [-0.05, 0) is 31.2 Å². The fraction of sp³-hybridized carbons (Fsp3) is 1.00. The maximum Gasteiger partial charge on any atom is 0.0696 e. The Morgan fingerprint density at radius 1 is 1.00 bits per heavy atom. The lowest BCUT2D eigenvalue weighted by Crippen LogP contribution is -2.31. The van der Waals surface area contributed by atoms with E-state index in [1.54, 1.807) is 0 Å².